The molecule has 3 fully saturated rings. The normalized spacial score (nSPS) is 28.7. The van der Waals surface area contributed by atoms with Gasteiger partial charge in [0.2, 0.25) is 18.9 Å². The molecule has 0 amide bonds. The summed E-state index contributed by atoms with van der Waals surface area (Å²) in [4.78, 5) is 26.1. The van der Waals surface area contributed by atoms with E-state index in [2.05, 4.69) is 0 Å². The summed E-state index contributed by atoms with van der Waals surface area (Å²) < 4.78 is 29.5. The van der Waals surface area contributed by atoms with Crippen molar-refractivity contribution in [1.29, 1.82) is 0 Å². The molecule has 0 unspecified atom stereocenters. The number of hydrogen-bond acceptors (Lipinski definition) is 9. The van der Waals surface area contributed by atoms with Crippen LogP contribution >= 0.6 is 25.8 Å². The van der Waals surface area contributed by atoms with Crippen LogP contribution in [0.25, 0.3) is 0 Å². The Morgan fingerprint density at radius 2 is 0.618 bits per heavy atom. The second kappa shape index (κ2) is 14.1. The molecule has 3 saturated heterocycles. The Labute approximate surface area is 213 Å². The van der Waals surface area contributed by atoms with Gasteiger partial charge in [-0.15, -0.1) is 0 Å². The Morgan fingerprint density at radius 1 is 0.412 bits per heavy atom. The van der Waals surface area contributed by atoms with E-state index in [1.54, 1.807) is 0 Å². The molecule has 0 aliphatic carbocycles. The molecule has 3 aromatic rings. The van der Waals surface area contributed by atoms with Crippen LogP contribution in [-0.2, 0) is 46.6 Å². The van der Waals surface area contributed by atoms with Gasteiger partial charge in [-0.1, -0.05) is 91.0 Å². The predicted octanol–water partition coefficient (Wildman–Crippen LogP) is 5.85. The molecule has 182 valence electrons. The van der Waals surface area contributed by atoms with Gasteiger partial charge in [0, 0.05) is 36.2 Å². The minimum atomic E-state index is -1.58. The van der Waals surface area contributed by atoms with Crippen LogP contribution in [0.1, 0.15) is 35.6 Å². The maximum atomic E-state index is 8.70. The number of benzene rings is 3. The minimum absolute atomic E-state index is 0. The zero-order valence-corrected chi connectivity index (χ0v) is 21.8. The largest absolute Gasteiger partial charge is 0.335 e. The van der Waals surface area contributed by atoms with Crippen molar-refractivity contribution in [2.24, 2.45) is 0 Å². The van der Waals surface area contributed by atoms with Crippen molar-refractivity contribution in [1.82, 2.24) is 0 Å². The van der Waals surface area contributed by atoms with E-state index in [1.165, 1.54) is 0 Å². The first-order valence-corrected chi connectivity index (χ1v) is 13.1. The molecular formula is C21H21O9P3Ru. The molecule has 34 heavy (non-hydrogen) atoms. The fourth-order valence-corrected chi connectivity index (χ4v) is 4.47. The number of rotatable bonds is 3. The first kappa shape index (κ1) is 27.8. The van der Waals surface area contributed by atoms with Crippen molar-refractivity contribution in [3.8, 4) is 0 Å². The van der Waals surface area contributed by atoms with Gasteiger partial charge in [-0.05, 0) is 0 Å². The van der Waals surface area contributed by atoms with Crippen molar-refractivity contribution in [2.45, 2.75) is 18.9 Å². The first-order valence-electron chi connectivity index (χ1n) is 9.71. The van der Waals surface area contributed by atoms with Crippen LogP contribution in [0.5, 0.6) is 0 Å². The van der Waals surface area contributed by atoms with Gasteiger partial charge >= 0.3 is 25.8 Å². The Balaban J connectivity index is 0.000000141. The minimum Gasteiger partial charge on any atom is -0.328 e. The molecule has 6 rings (SSSR count). The van der Waals surface area contributed by atoms with Gasteiger partial charge < -0.3 is 14.7 Å². The molecule has 3 aromatic carbocycles. The van der Waals surface area contributed by atoms with Crippen LogP contribution in [-0.4, -0.2) is 14.7 Å². The maximum Gasteiger partial charge on any atom is 0.335 e. The van der Waals surface area contributed by atoms with Gasteiger partial charge in [-0.3, -0.25) is 27.1 Å². The van der Waals surface area contributed by atoms with Crippen molar-refractivity contribution in [2.75, 3.05) is 0 Å². The second-order valence-electron chi connectivity index (χ2n) is 6.57. The van der Waals surface area contributed by atoms with Crippen molar-refractivity contribution >= 4 is 25.8 Å². The van der Waals surface area contributed by atoms with Crippen LogP contribution in [0.2, 0.25) is 0 Å². The fourth-order valence-electron chi connectivity index (χ4n) is 2.71. The molecule has 13 heteroatoms. The Kier molecular flexibility index (Phi) is 11.5. The van der Waals surface area contributed by atoms with E-state index in [4.69, 9.17) is 41.8 Å². The SMILES string of the molecule is OP1OC(c2ccccc2)O1.OP1OC(c2ccccc2)O1.OP1OC(c2ccccc2)O1.[Ru]. The molecule has 0 bridgehead atoms. The third-order valence-corrected chi connectivity index (χ3v) is 6.56. The van der Waals surface area contributed by atoms with Crippen molar-refractivity contribution in [3.05, 3.63) is 108 Å². The molecule has 3 N–H and O–H groups in total. The molecule has 0 spiro atoms. The summed E-state index contributed by atoms with van der Waals surface area (Å²) in [7, 11) is -4.74. The summed E-state index contributed by atoms with van der Waals surface area (Å²) in [5, 5.41) is 0. The summed E-state index contributed by atoms with van der Waals surface area (Å²) in [5.74, 6) is 0. The third-order valence-electron chi connectivity index (χ3n) is 4.33. The summed E-state index contributed by atoms with van der Waals surface area (Å²) in [6.07, 6.45) is -1.06. The summed E-state index contributed by atoms with van der Waals surface area (Å²) in [5.41, 5.74) is 2.83. The van der Waals surface area contributed by atoms with Crippen molar-refractivity contribution in [3.63, 3.8) is 0 Å². The van der Waals surface area contributed by atoms with E-state index in [-0.39, 0.29) is 38.3 Å². The Hall–Kier alpha value is -0.787. The van der Waals surface area contributed by atoms with Crippen molar-refractivity contribution < 1.29 is 61.3 Å². The zero-order chi connectivity index (χ0) is 23.0. The first-order chi connectivity index (χ1) is 16.1. The van der Waals surface area contributed by atoms with E-state index in [9.17, 15) is 0 Å². The standard InChI is InChI=1S/3C7H7O3P.Ru/c3*8-11-9-7(10-11)6-4-2-1-3-5-6;/h3*1-5,7-8H;. The molecule has 0 atom stereocenters. The van der Waals surface area contributed by atoms with Gasteiger partial charge in [-0.2, -0.15) is 0 Å². The topological polar surface area (TPSA) is 116 Å². The summed E-state index contributed by atoms with van der Waals surface area (Å²) in [6, 6.07) is 28.6. The van der Waals surface area contributed by atoms with Crippen LogP contribution < -0.4 is 0 Å². The molecule has 3 heterocycles. The Morgan fingerprint density at radius 3 is 0.794 bits per heavy atom. The fraction of sp³-hybridized carbons (Fsp3) is 0.143. The maximum absolute atomic E-state index is 8.70. The van der Waals surface area contributed by atoms with Gasteiger partial charge in [0.15, 0.2) is 0 Å². The molecule has 0 radical (unpaired) electrons. The van der Waals surface area contributed by atoms with Gasteiger partial charge in [-0.25, -0.2) is 0 Å². The summed E-state index contributed by atoms with van der Waals surface area (Å²) >= 11 is 0. The molecular weight excluding hydrogens is 590 g/mol. The van der Waals surface area contributed by atoms with E-state index in [1.807, 2.05) is 91.0 Å². The number of hydrogen-bond donors (Lipinski definition) is 3. The smallest absolute Gasteiger partial charge is 0.328 e. The van der Waals surface area contributed by atoms with E-state index in [0.717, 1.165) is 16.7 Å². The predicted molar refractivity (Wildman–Crippen MR) is 121 cm³/mol. The van der Waals surface area contributed by atoms with Crippen LogP contribution in [0.3, 0.4) is 0 Å². The average molecular weight is 611 g/mol. The van der Waals surface area contributed by atoms with Crippen LogP contribution in [0, 0.1) is 0 Å². The second-order valence-corrected chi connectivity index (χ2v) is 9.27. The van der Waals surface area contributed by atoms with E-state index >= 15 is 0 Å². The molecule has 3 aliphatic heterocycles. The Bertz CT molecular complexity index is 832. The van der Waals surface area contributed by atoms with E-state index < -0.39 is 25.8 Å². The molecule has 3 aliphatic rings. The molecule has 9 nitrogen and oxygen atoms in total. The monoisotopic (exact) mass is 612 g/mol. The van der Waals surface area contributed by atoms with Gasteiger partial charge in [0.05, 0.1) is 0 Å². The average Bonchev–Trinajstić information content (AvgIpc) is 2.80. The zero-order valence-electron chi connectivity index (χ0n) is 17.4. The molecule has 0 saturated carbocycles. The van der Waals surface area contributed by atoms with Gasteiger partial charge in [0.25, 0.3) is 0 Å². The summed E-state index contributed by atoms with van der Waals surface area (Å²) in [6.45, 7) is 0. The third kappa shape index (κ3) is 8.13. The van der Waals surface area contributed by atoms with Crippen LogP contribution in [0.15, 0.2) is 91.0 Å². The van der Waals surface area contributed by atoms with Crippen LogP contribution in [0.4, 0.5) is 0 Å². The quantitative estimate of drug-likeness (QED) is 0.248. The molecule has 0 aromatic heterocycles. The van der Waals surface area contributed by atoms with E-state index in [0.29, 0.717) is 0 Å². The van der Waals surface area contributed by atoms with Gasteiger partial charge in [0.1, 0.15) is 0 Å².